The maximum Gasteiger partial charge on any atom is 0.288 e. The quantitative estimate of drug-likeness (QED) is 0.610. The predicted molar refractivity (Wildman–Crippen MR) is 66.6 cm³/mol. The van der Waals surface area contributed by atoms with Crippen LogP contribution in [0, 0.1) is 17.0 Å². The van der Waals surface area contributed by atoms with Gasteiger partial charge >= 0.3 is 0 Å². The highest BCUT2D eigenvalue weighted by atomic mass is 35.5. The van der Waals surface area contributed by atoms with E-state index in [-0.39, 0.29) is 22.4 Å². The molecule has 5 heteroatoms. The number of ketones is 1. The smallest absolute Gasteiger partial charge is 0.288 e. The summed E-state index contributed by atoms with van der Waals surface area (Å²) in [5, 5.41) is 10.8. The second-order valence-electron chi connectivity index (χ2n) is 3.99. The summed E-state index contributed by atoms with van der Waals surface area (Å²) in [5.41, 5.74) is 1.38. The number of nitro benzene ring substituents is 1. The first kappa shape index (κ1) is 13.6. The highest BCUT2D eigenvalue weighted by molar-refractivity contribution is 6.32. The largest absolute Gasteiger partial charge is 0.299 e. The molecule has 1 aromatic rings. The molecular formula is C12H14ClNO3. The Balaban J connectivity index is 3.33. The number of rotatable bonds is 4. The molecule has 0 aliphatic heterocycles. The zero-order valence-electron chi connectivity index (χ0n) is 9.99. The van der Waals surface area contributed by atoms with E-state index in [0.717, 1.165) is 11.1 Å². The molecule has 0 fully saturated rings. The maximum absolute atomic E-state index is 11.5. The van der Waals surface area contributed by atoms with Gasteiger partial charge < -0.3 is 0 Å². The molecule has 1 atom stereocenters. The molecule has 0 bridgehead atoms. The third-order valence-corrected chi connectivity index (χ3v) is 3.11. The van der Waals surface area contributed by atoms with Gasteiger partial charge in [0.15, 0.2) is 0 Å². The lowest BCUT2D eigenvalue weighted by Crippen LogP contribution is -2.09. The van der Waals surface area contributed by atoms with E-state index < -0.39 is 4.92 Å². The molecule has 0 aliphatic rings. The van der Waals surface area contributed by atoms with Crippen molar-refractivity contribution in [2.24, 2.45) is 0 Å². The Kier molecular flexibility index (Phi) is 4.23. The lowest BCUT2D eigenvalue weighted by atomic mass is 9.89. The number of carbonyl (C=O) groups is 1. The van der Waals surface area contributed by atoms with Gasteiger partial charge in [-0.25, -0.2) is 0 Å². The Morgan fingerprint density at radius 1 is 1.53 bits per heavy atom. The summed E-state index contributed by atoms with van der Waals surface area (Å²) in [5.74, 6) is -0.200. The van der Waals surface area contributed by atoms with Crippen molar-refractivity contribution in [3.8, 4) is 0 Å². The Labute approximate surface area is 105 Å². The number of Topliss-reactive ketones (excluding diaryl/α,β-unsaturated/α-hetero) is 1. The van der Waals surface area contributed by atoms with Gasteiger partial charge in [-0.3, -0.25) is 14.9 Å². The summed E-state index contributed by atoms with van der Waals surface area (Å²) < 4.78 is 0. The summed E-state index contributed by atoms with van der Waals surface area (Å²) >= 11 is 5.85. The third kappa shape index (κ3) is 2.82. The van der Waals surface area contributed by atoms with Crippen LogP contribution in [0.2, 0.25) is 5.02 Å². The first-order chi connectivity index (χ1) is 7.88. The van der Waals surface area contributed by atoms with Crippen LogP contribution in [0.5, 0.6) is 0 Å². The van der Waals surface area contributed by atoms with Crippen LogP contribution in [0.4, 0.5) is 5.69 Å². The van der Waals surface area contributed by atoms with Gasteiger partial charge in [-0.1, -0.05) is 18.5 Å². The van der Waals surface area contributed by atoms with Crippen LogP contribution in [0.3, 0.4) is 0 Å². The molecule has 0 saturated carbocycles. The minimum absolute atomic E-state index is 0.0421. The van der Waals surface area contributed by atoms with E-state index in [2.05, 4.69) is 0 Å². The molecular weight excluding hydrogens is 242 g/mol. The van der Waals surface area contributed by atoms with Crippen molar-refractivity contribution in [1.82, 2.24) is 0 Å². The molecule has 0 aromatic heterocycles. The minimum Gasteiger partial charge on any atom is -0.299 e. The number of halogens is 1. The van der Waals surface area contributed by atoms with E-state index in [4.69, 9.17) is 11.6 Å². The minimum atomic E-state index is -0.520. The molecule has 0 aliphatic carbocycles. The second-order valence-corrected chi connectivity index (χ2v) is 4.40. The number of aryl methyl sites for hydroxylation is 1. The number of benzene rings is 1. The third-order valence-electron chi connectivity index (χ3n) is 2.81. The zero-order chi connectivity index (χ0) is 13.2. The van der Waals surface area contributed by atoms with E-state index >= 15 is 0 Å². The van der Waals surface area contributed by atoms with E-state index in [1.807, 2.05) is 6.92 Å². The lowest BCUT2D eigenvalue weighted by Gasteiger charge is -2.15. The van der Waals surface area contributed by atoms with Crippen molar-refractivity contribution in [2.75, 3.05) is 0 Å². The average Bonchev–Trinajstić information content (AvgIpc) is 2.22. The van der Waals surface area contributed by atoms with E-state index in [1.54, 1.807) is 6.92 Å². The van der Waals surface area contributed by atoms with Crippen molar-refractivity contribution in [1.29, 1.82) is 0 Å². The van der Waals surface area contributed by atoms with Crippen LogP contribution in [0.25, 0.3) is 0 Å². The van der Waals surface area contributed by atoms with Crippen LogP contribution in [-0.2, 0) is 4.79 Å². The van der Waals surface area contributed by atoms with Gasteiger partial charge in [-0.2, -0.15) is 0 Å². The molecule has 1 rings (SSSR count). The summed E-state index contributed by atoms with van der Waals surface area (Å²) in [6, 6.07) is 2.95. The monoisotopic (exact) mass is 255 g/mol. The average molecular weight is 256 g/mol. The highest BCUT2D eigenvalue weighted by Gasteiger charge is 2.21. The molecule has 0 saturated heterocycles. The molecule has 1 unspecified atom stereocenters. The van der Waals surface area contributed by atoms with E-state index in [9.17, 15) is 14.9 Å². The van der Waals surface area contributed by atoms with Crippen LogP contribution in [-0.4, -0.2) is 10.7 Å². The van der Waals surface area contributed by atoms with Gasteiger partial charge in [0.2, 0.25) is 0 Å². The summed E-state index contributed by atoms with van der Waals surface area (Å²) in [6.45, 7) is 5.17. The molecule has 0 heterocycles. The van der Waals surface area contributed by atoms with Crippen molar-refractivity contribution >= 4 is 23.1 Å². The first-order valence-corrected chi connectivity index (χ1v) is 5.71. The number of nitro groups is 1. The van der Waals surface area contributed by atoms with Gasteiger partial charge in [0.1, 0.15) is 10.8 Å². The Hall–Kier alpha value is -1.42. The standard InChI is InChI=1S/C12H14ClNO3/c1-4-9(8(3)15)10-6-11(13)12(14(16)17)5-7(10)2/h5-6,9H,4H2,1-3H3. The number of carbonyl (C=O) groups excluding carboxylic acids is 1. The molecule has 0 amide bonds. The maximum atomic E-state index is 11.5. The fraction of sp³-hybridized carbons (Fsp3) is 0.417. The molecule has 1 aromatic carbocycles. The van der Waals surface area contributed by atoms with Crippen LogP contribution < -0.4 is 0 Å². The SMILES string of the molecule is CCC(C(C)=O)c1cc(Cl)c([N+](=O)[O-])cc1C. The molecule has 0 radical (unpaired) electrons. The van der Waals surface area contributed by atoms with Gasteiger partial charge in [0, 0.05) is 12.0 Å². The van der Waals surface area contributed by atoms with Crippen molar-refractivity contribution in [3.05, 3.63) is 38.4 Å². The fourth-order valence-electron chi connectivity index (χ4n) is 1.92. The lowest BCUT2D eigenvalue weighted by molar-refractivity contribution is -0.384. The number of hydrogen-bond acceptors (Lipinski definition) is 3. The first-order valence-electron chi connectivity index (χ1n) is 5.33. The van der Waals surface area contributed by atoms with E-state index in [1.165, 1.54) is 19.1 Å². The molecule has 17 heavy (non-hydrogen) atoms. The second kappa shape index (κ2) is 5.27. The van der Waals surface area contributed by atoms with Crippen LogP contribution in [0.1, 0.15) is 37.3 Å². The number of nitrogens with zero attached hydrogens (tertiary/aromatic N) is 1. The van der Waals surface area contributed by atoms with E-state index in [0.29, 0.717) is 6.42 Å². The van der Waals surface area contributed by atoms with Crippen LogP contribution >= 0.6 is 11.6 Å². The number of hydrogen-bond donors (Lipinski definition) is 0. The molecule has 0 N–H and O–H groups in total. The van der Waals surface area contributed by atoms with Gasteiger partial charge in [0.25, 0.3) is 5.69 Å². The van der Waals surface area contributed by atoms with Gasteiger partial charge in [-0.05, 0) is 37.5 Å². The topological polar surface area (TPSA) is 60.2 Å². The summed E-state index contributed by atoms with van der Waals surface area (Å²) in [4.78, 5) is 21.7. The molecule has 0 spiro atoms. The van der Waals surface area contributed by atoms with Crippen molar-refractivity contribution in [2.45, 2.75) is 33.1 Å². The highest BCUT2D eigenvalue weighted by Crippen LogP contribution is 2.32. The predicted octanol–water partition coefficient (Wildman–Crippen LogP) is 3.64. The Bertz CT molecular complexity index is 471. The summed E-state index contributed by atoms with van der Waals surface area (Å²) in [6.07, 6.45) is 0.657. The summed E-state index contributed by atoms with van der Waals surface area (Å²) in [7, 11) is 0. The van der Waals surface area contributed by atoms with Crippen molar-refractivity contribution in [3.63, 3.8) is 0 Å². The van der Waals surface area contributed by atoms with Crippen LogP contribution in [0.15, 0.2) is 12.1 Å². The fourth-order valence-corrected chi connectivity index (χ4v) is 2.16. The normalized spacial score (nSPS) is 12.2. The molecule has 4 nitrogen and oxygen atoms in total. The van der Waals surface area contributed by atoms with Crippen molar-refractivity contribution < 1.29 is 9.72 Å². The Morgan fingerprint density at radius 2 is 2.12 bits per heavy atom. The molecule has 92 valence electrons. The van der Waals surface area contributed by atoms with Gasteiger partial charge in [-0.15, -0.1) is 0 Å². The zero-order valence-corrected chi connectivity index (χ0v) is 10.7. The van der Waals surface area contributed by atoms with Gasteiger partial charge in [0.05, 0.1) is 4.92 Å². The Morgan fingerprint density at radius 3 is 2.53 bits per heavy atom.